The molecule has 0 fully saturated rings. The minimum absolute atomic E-state index is 0.0284. The van der Waals surface area contributed by atoms with Crippen LogP contribution in [0.15, 0.2) is 27.0 Å². The maximum atomic E-state index is 11.2. The van der Waals surface area contributed by atoms with Crippen LogP contribution in [0, 0.1) is 6.92 Å². The topological polar surface area (TPSA) is 48.0 Å². The molecule has 0 atom stereocenters. The number of hydrogen-bond acceptors (Lipinski definition) is 4. The molecule has 5 heteroatoms. The zero-order valence-corrected chi connectivity index (χ0v) is 7.87. The van der Waals surface area contributed by atoms with E-state index in [1.165, 1.54) is 11.3 Å². The molecule has 0 radical (unpaired) electrons. The molecule has 4 nitrogen and oxygen atoms in total. The van der Waals surface area contributed by atoms with Gasteiger partial charge in [0, 0.05) is 17.6 Å². The molecule has 2 rings (SSSR count). The van der Waals surface area contributed by atoms with Crippen molar-refractivity contribution in [1.29, 1.82) is 0 Å². The van der Waals surface area contributed by atoms with Crippen molar-refractivity contribution in [3.8, 4) is 0 Å². The SMILES string of the molecule is Cc1cc(Cn2ccsc2=O)no1. The first kappa shape index (κ1) is 8.25. The van der Waals surface area contributed by atoms with Crippen LogP contribution in [0.4, 0.5) is 0 Å². The molecule has 0 bridgehead atoms. The molecule has 0 saturated heterocycles. The quantitative estimate of drug-likeness (QED) is 0.726. The van der Waals surface area contributed by atoms with Crippen LogP contribution in [0.25, 0.3) is 0 Å². The van der Waals surface area contributed by atoms with Crippen molar-refractivity contribution in [2.75, 3.05) is 0 Å². The van der Waals surface area contributed by atoms with Gasteiger partial charge in [-0.05, 0) is 6.92 Å². The summed E-state index contributed by atoms with van der Waals surface area (Å²) < 4.78 is 6.49. The van der Waals surface area contributed by atoms with Crippen molar-refractivity contribution in [3.63, 3.8) is 0 Å². The Hall–Kier alpha value is -1.36. The van der Waals surface area contributed by atoms with E-state index in [9.17, 15) is 4.79 Å². The molecular formula is C8H8N2O2S. The Morgan fingerprint density at radius 3 is 3.08 bits per heavy atom. The van der Waals surface area contributed by atoms with Crippen LogP contribution >= 0.6 is 11.3 Å². The summed E-state index contributed by atoms with van der Waals surface area (Å²) >= 11 is 1.18. The van der Waals surface area contributed by atoms with Gasteiger partial charge >= 0.3 is 4.87 Å². The highest BCUT2D eigenvalue weighted by molar-refractivity contribution is 7.07. The Bertz CT molecular complexity index is 454. The summed E-state index contributed by atoms with van der Waals surface area (Å²) in [5, 5.41) is 5.56. The standard InChI is InChI=1S/C8H8N2O2S/c1-6-4-7(9-12-6)5-10-2-3-13-8(10)11/h2-4H,5H2,1H3. The van der Waals surface area contributed by atoms with Gasteiger partial charge in [-0.15, -0.1) is 0 Å². The van der Waals surface area contributed by atoms with Gasteiger partial charge < -0.3 is 4.52 Å². The van der Waals surface area contributed by atoms with Crippen LogP contribution in [-0.4, -0.2) is 9.72 Å². The van der Waals surface area contributed by atoms with Crippen molar-refractivity contribution in [2.45, 2.75) is 13.5 Å². The molecule has 2 aromatic rings. The van der Waals surface area contributed by atoms with E-state index in [1.54, 1.807) is 16.1 Å². The second-order valence-electron chi connectivity index (χ2n) is 2.73. The zero-order valence-electron chi connectivity index (χ0n) is 7.06. The van der Waals surface area contributed by atoms with Crippen molar-refractivity contribution in [3.05, 3.63) is 38.8 Å². The molecule has 13 heavy (non-hydrogen) atoms. The van der Waals surface area contributed by atoms with Crippen LogP contribution in [0.2, 0.25) is 0 Å². The maximum absolute atomic E-state index is 11.2. The monoisotopic (exact) mass is 196 g/mol. The van der Waals surface area contributed by atoms with Gasteiger partial charge in [0.25, 0.3) is 0 Å². The Kier molecular flexibility index (Phi) is 2.02. The summed E-state index contributed by atoms with van der Waals surface area (Å²) in [6, 6.07) is 1.82. The number of hydrogen-bond donors (Lipinski definition) is 0. The number of thiazole rings is 1. The predicted octanol–water partition coefficient (Wildman–Crippen LogP) is 1.25. The zero-order chi connectivity index (χ0) is 9.26. The van der Waals surface area contributed by atoms with Crippen LogP contribution in [0.5, 0.6) is 0 Å². The third-order valence-corrected chi connectivity index (χ3v) is 2.35. The van der Waals surface area contributed by atoms with Crippen LogP contribution in [0.1, 0.15) is 11.5 Å². The third kappa shape index (κ3) is 1.70. The van der Waals surface area contributed by atoms with Gasteiger partial charge in [-0.3, -0.25) is 9.36 Å². The van der Waals surface area contributed by atoms with E-state index in [4.69, 9.17) is 4.52 Å². The Labute approximate surface area is 78.4 Å². The first-order valence-corrected chi connectivity index (χ1v) is 4.70. The van der Waals surface area contributed by atoms with E-state index in [0.717, 1.165) is 11.5 Å². The minimum atomic E-state index is 0.0284. The lowest BCUT2D eigenvalue weighted by atomic mass is 10.4. The van der Waals surface area contributed by atoms with Gasteiger partial charge in [0.2, 0.25) is 0 Å². The molecule has 0 unspecified atom stereocenters. The van der Waals surface area contributed by atoms with Crippen molar-refractivity contribution >= 4 is 11.3 Å². The first-order chi connectivity index (χ1) is 6.25. The molecule has 0 saturated carbocycles. The first-order valence-electron chi connectivity index (χ1n) is 3.82. The largest absolute Gasteiger partial charge is 0.361 e. The van der Waals surface area contributed by atoms with Gasteiger partial charge in [0.1, 0.15) is 11.5 Å². The lowest BCUT2D eigenvalue weighted by Gasteiger charge is -1.93. The third-order valence-electron chi connectivity index (χ3n) is 1.65. The smallest absolute Gasteiger partial charge is 0.307 e. The normalized spacial score (nSPS) is 10.5. The molecule has 0 spiro atoms. The van der Waals surface area contributed by atoms with Gasteiger partial charge in [0.15, 0.2) is 0 Å². The molecule has 0 N–H and O–H groups in total. The number of aromatic nitrogens is 2. The highest BCUT2D eigenvalue weighted by Gasteiger charge is 2.02. The molecule has 0 amide bonds. The highest BCUT2D eigenvalue weighted by atomic mass is 32.1. The molecule has 2 heterocycles. The van der Waals surface area contributed by atoms with Crippen LogP contribution in [-0.2, 0) is 6.54 Å². The minimum Gasteiger partial charge on any atom is -0.361 e. The van der Waals surface area contributed by atoms with E-state index < -0.39 is 0 Å². The second-order valence-corrected chi connectivity index (χ2v) is 3.58. The molecular weight excluding hydrogens is 188 g/mol. The summed E-state index contributed by atoms with van der Waals surface area (Å²) in [7, 11) is 0. The summed E-state index contributed by atoms with van der Waals surface area (Å²) in [5.41, 5.74) is 0.776. The Morgan fingerprint density at radius 2 is 2.54 bits per heavy atom. The van der Waals surface area contributed by atoms with Crippen molar-refractivity contribution in [2.24, 2.45) is 0 Å². The van der Waals surface area contributed by atoms with E-state index in [2.05, 4.69) is 5.16 Å². The lowest BCUT2D eigenvalue weighted by Crippen LogP contribution is -2.12. The average molecular weight is 196 g/mol. The van der Waals surface area contributed by atoms with Gasteiger partial charge in [-0.25, -0.2) is 0 Å². The fourth-order valence-corrected chi connectivity index (χ4v) is 1.66. The van der Waals surface area contributed by atoms with Gasteiger partial charge in [0.05, 0.1) is 6.54 Å². The highest BCUT2D eigenvalue weighted by Crippen LogP contribution is 2.03. The van der Waals surface area contributed by atoms with Crippen molar-refractivity contribution < 1.29 is 4.52 Å². The average Bonchev–Trinajstić information content (AvgIpc) is 2.64. The predicted molar refractivity (Wildman–Crippen MR) is 48.9 cm³/mol. The number of nitrogens with zero attached hydrogens (tertiary/aromatic N) is 2. The maximum Gasteiger partial charge on any atom is 0.307 e. The summed E-state index contributed by atoms with van der Waals surface area (Å²) in [6.45, 7) is 2.31. The summed E-state index contributed by atoms with van der Waals surface area (Å²) in [6.07, 6.45) is 1.75. The van der Waals surface area contributed by atoms with Gasteiger partial charge in [-0.2, -0.15) is 0 Å². The van der Waals surface area contributed by atoms with Gasteiger partial charge in [-0.1, -0.05) is 16.5 Å². The molecule has 0 aliphatic carbocycles. The van der Waals surface area contributed by atoms with E-state index in [1.807, 2.05) is 13.0 Å². The summed E-state index contributed by atoms with van der Waals surface area (Å²) in [4.78, 5) is 11.2. The molecule has 2 aromatic heterocycles. The molecule has 0 aliphatic rings. The molecule has 0 aliphatic heterocycles. The number of rotatable bonds is 2. The Morgan fingerprint density at radius 1 is 1.69 bits per heavy atom. The molecule has 0 aromatic carbocycles. The van der Waals surface area contributed by atoms with Crippen LogP contribution < -0.4 is 4.87 Å². The van der Waals surface area contributed by atoms with Crippen LogP contribution in [0.3, 0.4) is 0 Å². The summed E-state index contributed by atoms with van der Waals surface area (Å²) in [5.74, 6) is 0.762. The van der Waals surface area contributed by atoms with Crippen molar-refractivity contribution in [1.82, 2.24) is 9.72 Å². The lowest BCUT2D eigenvalue weighted by molar-refractivity contribution is 0.389. The Balaban J connectivity index is 2.24. The van der Waals surface area contributed by atoms with E-state index in [0.29, 0.717) is 6.54 Å². The number of aryl methyl sites for hydroxylation is 1. The van der Waals surface area contributed by atoms with E-state index >= 15 is 0 Å². The van der Waals surface area contributed by atoms with E-state index in [-0.39, 0.29) is 4.87 Å². The second kappa shape index (κ2) is 3.18. The fraction of sp³-hybridized carbons (Fsp3) is 0.250. The molecule has 68 valence electrons. The fourth-order valence-electron chi connectivity index (χ4n) is 1.07.